The van der Waals surface area contributed by atoms with Gasteiger partial charge < -0.3 is 4.74 Å². The maximum atomic E-state index is 11.4. The van der Waals surface area contributed by atoms with Gasteiger partial charge in [-0.25, -0.2) is 0 Å². The van der Waals surface area contributed by atoms with Crippen LogP contribution >= 0.6 is 11.6 Å². The van der Waals surface area contributed by atoms with Crippen molar-refractivity contribution in [2.24, 2.45) is 0 Å². The SMILES string of the molecule is CC1CC(c2cc(Cl)ccc2S(=O)(=O)O)CCO1. The van der Waals surface area contributed by atoms with Gasteiger partial charge in [0, 0.05) is 11.6 Å². The van der Waals surface area contributed by atoms with Gasteiger partial charge in [-0.05, 0) is 49.4 Å². The van der Waals surface area contributed by atoms with Crippen LogP contribution in [-0.4, -0.2) is 25.7 Å². The lowest BCUT2D eigenvalue weighted by Gasteiger charge is -2.28. The molecule has 0 bridgehead atoms. The largest absolute Gasteiger partial charge is 0.378 e. The zero-order chi connectivity index (χ0) is 13.3. The molecule has 100 valence electrons. The van der Waals surface area contributed by atoms with E-state index < -0.39 is 10.1 Å². The fraction of sp³-hybridized carbons (Fsp3) is 0.500. The molecule has 0 aromatic heterocycles. The summed E-state index contributed by atoms with van der Waals surface area (Å²) in [7, 11) is -4.22. The molecule has 0 spiro atoms. The Morgan fingerprint density at radius 3 is 2.78 bits per heavy atom. The smallest absolute Gasteiger partial charge is 0.294 e. The number of hydrogen-bond donors (Lipinski definition) is 1. The van der Waals surface area contributed by atoms with Gasteiger partial charge in [-0.3, -0.25) is 4.55 Å². The van der Waals surface area contributed by atoms with Crippen LogP contribution in [0.4, 0.5) is 0 Å². The minimum atomic E-state index is -4.22. The molecule has 2 rings (SSSR count). The van der Waals surface area contributed by atoms with E-state index in [-0.39, 0.29) is 16.9 Å². The highest BCUT2D eigenvalue weighted by Gasteiger charge is 2.26. The minimum Gasteiger partial charge on any atom is -0.378 e. The van der Waals surface area contributed by atoms with Gasteiger partial charge in [0.25, 0.3) is 10.1 Å². The first-order valence-electron chi connectivity index (χ1n) is 5.76. The standard InChI is InChI=1S/C12H15ClO4S/c1-8-6-9(4-5-17-8)11-7-10(13)2-3-12(11)18(14,15)16/h2-3,7-9H,4-6H2,1H3,(H,14,15,16). The van der Waals surface area contributed by atoms with Crippen molar-refractivity contribution in [2.75, 3.05) is 6.61 Å². The number of benzene rings is 1. The fourth-order valence-electron chi connectivity index (χ4n) is 2.35. The number of halogens is 1. The van der Waals surface area contributed by atoms with E-state index in [0.29, 0.717) is 17.2 Å². The van der Waals surface area contributed by atoms with Crippen molar-refractivity contribution >= 4 is 21.7 Å². The molecule has 1 aliphatic rings. The molecule has 1 aromatic carbocycles. The molecule has 1 N–H and O–H groups in total. The Morgan fingerprint density at radius 2 is 2.17 bits per heavy atom. The zero-order valence-corrected chi connectivity index (χ0v) is 11.5. The van der Waals surface area contributed by atoms with Gasteiger partial charge in [-0.1, -0.05) is 11.6 Å². The van der Waals surface area contributed by atoms with Crippen molar-refractivity contribution in [1.82, 2.24) is 0 Å². The average molecular weight is 291 g/mol. The quantitative estimate of drug-likeness (QED) is 0.851. The Kier molecular flexibility index (Phi) is 3.96. The Morgan fingerprint density at radius 1 is 1.44 bits per heavy atom. The topological polar surface area (TPSA) is 63.6 Å². The molecule has 1 heterocycles. The lowest BCUT2D eigenvalue weighted by molar-refractivity contribution is 0.0182. The van der Waals surface area contributed by atoms with Crippen molar-refractivity contribution in [3.05, 3.63) is 28.8 Å². The maximum Gasteiger partial charge on any atom is 0.294 e. The van der Waals surface area contributed by atoms with Crippen LogP contribution in [0.2, 0.25) is 5.02 Å². The summed E-state index contributed by atoms with van der Waals surface area (Å²) >= 11 is 5.91. The van der Waals surface area contributed by atoms with Crippen LogP contribution in [0, 0.1) is 0 Å². The van der Waals surface area contributed by atoms with Crippen LogP contribution in [0.25, 0.3) is 0 Å². The normalized spacial score (nSPS) is 25.1. The van der Waals surface area contributed by atoms with Crippen LogP contribution in [0.3, 0.4) is 0 Å². The van der Waals surface area contributed by atoms with Crippen LogP contribution in [-0.2, 0) is 14.9 Å². The van der Waals surface area contributed by atoms with E-state index in [1.54, 1.807) is 6.07 Å². The molecular formula is C12H15ClO4S. The van der Waals surface area contributed by atoms with Crippen molar-refractivity contribution in [1.29, 1.82) is 0 Å². The summed E-state index contributed by atoms with van der Waals surface area (Å²) in [5.41, 5.74) is 0.583. The van der Waals surface area contributed by atoms with Gasteiger partial charge in [-0.2, -0.15) is 8.42 Å². The lowest BCUT2D eigenvalue weighted by atomic mass is 9.89. The summed E-state index contributed by atoms with van der Waals surface area (Å²) < 4.78 is 37.4. The van der Waals surface area contributed by atoms with Gasteiger partial charge in [-0.15, -0.1) is 0 Å². The van der Waals surface area contributed by atoms with Crippen LogP contribution in [0.1, 0.15) is 31.2 Å². The first kappa shape index (κ1) is 13.8. The molecule has 0 radical (unpaired) electrons. The zero-order valence-electron chi connectivity index (χ0n) is 9.97. The highest BCUT2D eigenvalue weighted by molar-refractivity contribution is 7.85. The van der Waals surface area contributed by atoms with E-state index in [1.807, 2.05) is 6.92 Å². The van der Waals surface area contributed by atoms with Gasteiger partial charge in [0.05, 0.1) is 11.0 Å². The molecule has 1 fully saturated rings. The second kappa shape index (κ2) is 5.17. The molecule has 2 atom stereocenters. The van der Waals surface area contributed by atoms with E-state index in [9.17, 15) is 13.0 Å². The van der Waals surface area contributed by atoms with Crippen LogP contribution < -0.4 is 0 Å². The number of rotatable bonds is 2. The molecule has 1 aliphatic heterocycles. The average Bonchev–Trinajstić information content (AvgIpc) is 2.27. The van der Waals surface area contributed by atoms with Gasteiger partial charge in [0.15, 0.2) is 0 Å². The van der Waals surface area contributed by atoms with Crippen molar-refractivity contribution in [3.8, 4) is 0 Å². The van der Waals surface area contributed by atoms with E-state index in [4.69, 9.17) is 16.3 Å². The molecule has 0 amide bonds. The van der Waals surface area contributed by atoms with Gasteiger partial charge in [0.1, 0.15) is 0 Å². The first-order valence-corrected chi connectivity index (χ1v) is 7.58. The third-order valence-electron chi connectivity index (χ3n) is 3.17. The predicted molar refractivity (Wildman–Crippen MR) is 68.7 cm³/mol. The summed E-state index contributed by atoms with van der Waals surface area (Å²) in [4.78, 5) is -0.0500. The molecule has 18 heavy (non-hydrogen) atoms. The Bertz CT molecular complexity index is 541. The number of hydrogen-bond acceptors (Lipinski definition) is 3. The molecule has 1 saturated heterocycles. The summed E-state index contributed by atoms with van der Waals surface area (Å²) in [6.07, 6.45) is 1.53. The van der Waals surface area contributed by atoms with Crippen molar-refractivity contribution in [2.45, 2.75) is 36.7 Å². The summed E-state index contributed by atoms with van der Waals surface area (Å²) in [5, 5.41) is 0.469. The van der Waals surface area contributed by atoms with Crippen LogP contribution in [0.15, 0.2) is 23.1 Å². The molecular weight excluding hydrogens is 276 g/mol. The second-order valence-corrected chi connectivity index (χ2v) is 6.39. The molecule has 2 unspecified atom stereocenters. The third kappa shape index (κ3) is 3.03. The van der Waals surface area contributed by atoms with Crippen molar-refractivity contribution in [3.63, 3.8) is 0 Å². The summed E-state index contributed by atoms with van der Waals surface area (Å²) in [6, 6.07) is 4.44. The monoisotopic (exact) mass is 290 g/mol. The van der Waals surface area contributed by atoms with Crippen molar-refractivity contribution < 1.29 is 17.7 Å². The van der Waals surface area contributed by atoms with E-state index in [1.165, 1.54) is 12.1 Å². The Balaban J connectivity index is 2.45. The van der Waals surface area contributed by atoms with Gasteiger partial charge in [0.2, 0.25) is 0 Å². The molecule has 0 aliphatic carbocycles. The lowest BCUT2D eigenvalue weighted by Crippen LogP contribution is -2.23. The first-order chi connectivity index (χ1) is 8.38. The third-order valence-corrected chi connectivity index (χ3v) is 4.34. The highest BCUT2D eigenvalue weighted by Crippen LogP contribution is 2.35. The van der Waals surface area contributed by atoms with Crippen LogP contribution in [0.5, 0.6) is 0 Å². The molecule has 4 nitrogen and oxygen atoms in total. The maximum absolute atomic E-state index is 11.4. The number of ether oxygens (including phenoxy) is 1. The fourth-order valence-corrected chi connectivity index (χ4v) is 3.30. The molecule has 1 aromatic rings. The summed E-state index contributed by atoms with van der Waals surface area (Å²) in [5.74, 6) is 0.0457. The second-order valence-electron chi connectivity index (χ2n) is 4.56. The summed E-state index contributed by atoms with van der Waals surface area (Å²) in [6.45, 7) is 2.53. The molecule has 6 heteroatoms. The molecule has 0 saturated carbocycles. The highest BCUT2D eigenvalue weighted by atomic mass is 35.5. The van der Waals surface area contributed by atoms with E-state index in [0.717, 1.165) is 12.8 Å². The Labute approximate surface area is 112 Å². The Hall–Kier alpha value is -0.620. The van der Waals surface area contributed by atoms with E-state index in [2.05, 4.69) is 0 Å². The minimum absolute atomic E-state index is 0.0457. The predicted octanol–water partition coefficient (Wildman–Crippen LogP) is 2.87. The van der Waals surface area contributed by atoms with Gasteiger partial charge >= 0.3 is 0 Å². The van der Waals surface area contributed by atoms with E-state index >= 15 is 0 Å².